The topological polar surface area (TPSA) is 58.6 Å². The Bertz CT molecular complexity index is 250. The van der Waals surface area contributed by atoms with Crippen molar-refractivity contribution >= 4 is 11.8 Å². The van der Waals surface area contributed by atoms with Gasteiger partial charge in [0.1, 0.15) is 0 Å². The van der Waals surface area contributed by atoms with E-state index in [1.54, 1.807) is 0 Å². The van der Waals surface area contributed by atoms with Crippen LogP contribution >= 0.6 is 0 Å². The van der Waals surface area contributed by atoms with Gasteiger partial charge in [-0.05, 0) is 0 Å². The zero-order valence-corrected chi connectivity index (χ0v) is 7.45. The van der Waals surface area contributed by atoms with Crippen LogP contribution in [0.1, 0.15) is 6.42 Å². The van der Waals surface area contributed by atoms with E-state index in [1.165, 1.54) is 11.9 Å². The van der Waals surface area contributed by atoms with Crippen LogP contribution in [-0.4, -0.2) is 49.1 Å². The molecule has 2 aliphatic rings. The van der Waals surface area contributed by atoms with Crippen LogP contribution in [0.3, 0.4) is 0 Å². The van der Waals surface area contributed by atoms with Crippen LogP contribution in [-0.2, 0) is 14.3 Å². The van der Waals surface area contributed by atoms with E-state index in [9.17, 15) is 9.59 Å². The fourth-order valence-electron chi connectivity index (χ4n) is 1.50. The summed E-state index contributed by atoms with van der Waals surface area (Å²) in [7, 11) is 1.52. The predicted molar refractivity (Wildman–Crippen MR) is 43.9 cm³/mol. The highest BCUT2D eigenvalue weighted by atomic mass is 16.5. The lowest BCUT2D eigenvalue weighted by molar-refractivity contribution is -0.137. The Hall–Kier alpha value is -0.940. The first kappa shape index (κ1) is 8.65. The van der Waals surface area contributed by atoms with E-state index in [-0.39, 0.29) is 30.3 Å². The van der Waals surface area contributed by atoms with Gasteiger partial charge in [0.2, 0.25) is 11.8 Å². The van der Waals surface area contributed by atoms with Gasteiger partial charge in [0, 0.05) is 7.05 Å². The van der Waals surface area contributed by atoms with Gasteiger partial charge >= 0.3 is 0 Å². The lowest BCUT2D eigenvalue weighted by atomic mass is 10.2. The summed E-state index contributed by atoms with van der Waals surface area (Å²) in [6, 6.07) is -0.0837. The van der Waals surface area contributed by atoms with Crippen LogP contribution < -0.4 is 5.32 Å². The van der Waals surface area contributed by atoms with Crippen molar-refractivity contribution in [1.82, 2.24) is 10.2 Å². The quantitative estimate of drug-likeness (QED) is 0.544. The second-order valence-electron chi connectivity index (χ2n) is 3.45. The van der Waals surface area contributed by atoms with E-state index in [4.69, 9.17) is 4.74 Å². The minimum atomic E-state index is -0.327. The van der Waals surface area contributed by atoms with E-state index >= 15 is 0 Å². The van der Waals surface area contributed by atoms with Crippen molar-refractivity contribution < 1.29 is 14.3 Å². The third-order valence-electron chi connectivity index (χ3n) is 2.46. The molecule has 13 heavy (non-hydrogen) atoms. The second-order valence-corrected chi connectivity index (χ2v) is 3.45. The molecule has 72 valence electrons. The molecular weight excluding hydrogens is 172 g/mol. The number of amides is 2. The number of hydrogen-bond donors (Lipinski definition) is 1. The van der Waals surface area contributed by atoms with E-state index in [0.29, 0.717) is 13.2 Å². The summed E-state index contributed by atoms with van der Waals surface area (Å²) in [5.41, 5.74) is 0. The van der Waals surface area contributed by atoms with Crippen LogP contribution in [0.25, 0.3) is 0 Å². The number of nitrogens with zero attached hydrogens (tertiary/aromatic N) is 1. The van der Waals surface area contributed by atoms with Crippen LogP contribution in [0, 0.1) is 0 Å². The average molecular weight is 184 g/mol. The summed E-state index contributed by atoms with van der Waals surface area (Å²) in [6.45, 7) is 1.28. The predicted octanol–water partition coefficient (Wildman–Crippen LogP) is -1.27. The number of ether oxygens (including phenoxy) is 1. The van der Waals surface area contributed by atoms with Gasteiger partial charge < -0.3 is 4.74 Å². The van der Waals surface area contributed by atoms with Gasteiger partial charge in [0.25, 0.3) is 0 Å². The SMILES string of the molecule is CN1C(=O)CC(NC2COC2)C1=O. The zero-order chi connectivity index (χ0) is 9.42. The Morgan fingerprint density at radius 1 is 1.46 bits per heavy atom. The molecule has 5 nitrogen and oxygen atoms in total. The largest absolute Gasteiger partial charge is 0.378 e. The number of carbonyl (C=O) groups is 2. The Morgan fingerprint density at radius 2 is 2.15 bits per heavy atom. The first-order valence-corrected chi connectivity index (χ1v) is 4.32. The lowest BCUT2D eigenvalue weighted by Crippen LogP contribution is -2.52. The van der Waals surface area contributed by atoms with Gasteiger partial charge in [-0.2, -0.15) is 0 Å². The number of likely N-dealkylation sites (tertiary alicyclic amines) is 1. The maximum atomic E-state index is 11.4. The zero-order valence-electron chi connectivity index (χ0n) is 7.45. The Kier molecular flexibility index (Phi) is 2.05. The van der Waals surface area contributed by atoms with Crippen molar-refractivity contribution in [3.8, 4) is 0 Å². The summed E-state index contributed by atoms with van der Waals surface area (Å²) in [4.78, 5) is 23.7. The fraction of sp³-hybridized carbons (Fsp3) is 0.750. The van der Waals surface area contributed by atoms with Crippen molar-refractivity contribution in [2.45, 2.75) is 18.5 Å². The summed E-state index contributed by atoms with van der Waals surface area (Å²) < 4.78 is 4.96. The van der Waals surface area contributed by atoms with E-state index in [2.05, 4.69) is 5.32 Å². The van der Waals surface area contributed by atoms with Crippen molar-refractivity contribution in [2.24, 2.45) is 0 Å². The van der Waals surface area contributed by atoms with Crippen molar-refractivity contribution in [1.29, 1.82) is 0 Å². The number of hydrogen-bond acceptors (Lipinski definition) is 4. The fourth-order valence-corrected chi connectivity index (χ4v) is 1.50. The molecule has 2 saturated heterocycles. The number of rotatable bonds is 2. The molecule has 0 bridgehead atoms. The highest BCUT2D eigenvalue weighted by molar-refractivity contribution is 6.05. The number of likely N-dealkylation sites (N-methyl/N-ethyl adjacent to an activating group) is 1. The van der Waals surface area contributed by atoms with Gasteiger partial charge in [-0.1, -0.05) is 0 Å². The normalized spacial score (nSPS) is 29.6. The molecule has 1 N–H and O–H groups in total. The summed E-state index contributed by atoms with van der Waals surface area (Å²) >= 11 is 0. The smallest absolute Gasteiger partial charge is 0.246 e. The molecule has 2 aliphatic heterocycles. The van der Waals surface area contributed by atoms with Crippen LogP contribution in [0.2, 0.25) is 0 Å². The summed E-state index contributed by atoms with van der Waals surface area (Å²) in [5, 5.41) is 3.09. The molecule has 0 aromatic carbocycles. The van der Waals surface area contributed by atoms with Crippen molar-refractivity contribution in [3.05, 3.63) is 0 Å². The standard InChI is InChI=1S/C8H12N2O3/c1-10-7(11)2-6(8(10)12)9-5-3-13-4-5/h5-6,9H,2-4H2,1H3. The molecule has 0 spiro atoms. The Labute approximate surface area is 76.0 Å². The van der Waals surface area contributed by atoms with E-state index in [1.807, 2.05) is 0 Å². The van der Waals surface area contributed by atoms with Crippen molar-refractivity contribution in [2.75, 3.05) is 20.3 Å². The minimum absolute atomic E-state index is 0.109. The third kappa shape index (κ3) is 1.45. The number of carbonyl (C=O) groups excluding carboxylic acids is 2. The van der Waals surface area contributed by atoms with Gasteiger partial charge in [0.05, 0.1) is 31.7 Å². The first-order valence-electron chi connectivity index (χ1n) is 4.32. The lowest BCUT2D eigenvalue weighted by Gasteiger charge is -2.28. The van der Waals surface area contributed by atoms with Gasteiger partial charge in [-0.25, -0.2) is 0 Å². The monoisotopic (exact) mass is 184 g/mol. The molecule has 0 saturated carbocycles. The molecule has 1 unspecified atom stereocenters. The molecule has 0 radical (unpaired) electrons. The van der Waals surface area contributed by atoms with Crippen LogP contribution in [0.4, 0.5) is 0 Å². The molecule has 0 aromatic heterocycles. The van der Waals surface area contributed by atoms with Gasteiger partial charge in [0.15, 0.2) is 0 Å². The molecular formula is C8H12N2O3. The maximum Gasteiger partial charge on any atom is 0.246 e. The van der Waals surface area contributed by atoms with E-state index in [0.717, 1.165) is 0 Å². The molecule has 0 aliphatic carbocycles. The minimum Gasteiger partial charge on any atom is -0.378 e. The van der Waals surface area contributed by atoms with Crippen LogP contribution in [0.15, 0.2) is 0 Å². The highest BCUT2D eigenvalue weighted by Gasteiger charge is 2.37. The molecule has 2 rings (SSSR count). The first-order chi connectivity index (χ1) is 6.18. The van der Waals surface area contributed by atoms with Crippen LogP contribution in [0.5, 0.6) is 0 Å². The molecule has 2 heterocycles. The Balaban J connectivity index is 1.93. The Morgan fingerprint density at radius 3 is 2.54 bits per heavy atom. The summed E-state index contributed by atoms with van der Waals surface area (Å²) in [5.74, 6) is -0.236. The van der Waals surface area contributed by atoms with Crippen molar-refractivity contribution in [3.63, 3.8) is 0 Å². The van der Waals surface area contributed by atoms with Gasteiger partial charge in [-0.3, -0.25) is 19.8 Å². The molecule has 5 heteroatoms. The van der Waals surface area contributed by atoms with Gasteiger partial charge in [-0.15, -0.1) is 0 Å². The second kappa shape index (κ2) is 3.08. The highest BCUT2D eigenvalue weighted by Crippen LogP contribution is 2.12. The molecule has 1 atom stereocenters. The third-order valence-corrected chi connectivity index (χ3v) is 2.46. The number of nitrogens with one attached hydrogen (secondary N) is 1. The molecule has 0 aromatic rings. The molecule has 2 amide bonds. The summed E-state index contributed by atoms with van der Waals surface area (Å²) in [6.07, 6.45) is 0.284. The van der Waals surface area contributed by atoms with E-state index < -0.39 is 0 Å². The molecule has 2 fully saturated rings. The average Bonchev–Trinajstić information content (AvgIpc) is 2.26. The maximum absolute atomic E-state index is 11.4. The number of imide groups is 1.